The van der Waals surface area contributed by atoms with Crippen LogP contribution in [0, 0.1) is 12.7 Å². The van der Waals surface area contributed by atoms with E-state index in [1.54, 1.807) is 24.0 Å². The van der Waals surface area contributed by atoms with Crippen LogP contribution in [-0.2, 0) is 0 Å². The van der Waals surface area contributed by atoms with Gasteiger partial charge in [-0.05, 0) is 32.0 Å². The Hall–Kier alpha value is -2.28. The molecule has 3 rings (SSSR count). The number of hydrogen-bond acceptors (Lipinski definition) is 5. The first kappa shape index (κ1) is 15.6. The largest absolute Gasteiger partial charge is 0.338 e. The molecule has 1 aliphatic heterocycles. The molecule has 1 aromatic carbocycles. The maximum atomic E-state index is 13.3. The Bertz CT molecular complexity index is 695. The van der Waals surface area contributed by atoms with E-state index in [4.69, 9.17) is 4.52 Å². The normalized spacial score (nSPS) is 17.3. The van der Waals surface area contributed by atoms with Gasteiger partial charge >= 0.3 is 0 Å². The van der Waals surface area contributed by atoms with Crippen LogP contribution in [0.15, 0.2) is 28.8 Å². The summed E-state index contributed by atoms with van der Waals surface area (Å²) in [5.41, 5.74) is 0.388. The average Bonchev–Trinajstić information content (AvgIpc) is 3.00. The standard InChI is InChI=1S/C16H19FN4O2/c1-11(15-18-12(2)19-23-15)20-6-8-21(9-7-20)16(22)13-4-3-5-14(17)10-13/h3-5,10-11H,6-9H2,1-2H3/t11-/m0/s1. The van der Waals surface area contributed by atoms with Crippen molar-refractivity contribution in [1.82, 2.24) is 19.9 Å². The number of aryl methyl sites for hydroxylation is 1. The summed E-state index contributed by atoms with van der Waals surface area (Å²) in [4.78, 5) is 20.6. The van der Waals surface area contributed by atoms with E-state index in [-0.39, 0.29) is 11.9 Å². The average molecular weight is 318 g/mol. The van der Waals surface area contributed by atoms with E-state index in [1.165, 1.54) is 12.1 Å². The molecule has 23 heavy (non-hydrogen) atoms. The van der Waals surface area contributed by atoms with Crippen molar-refractivity contribution in [3.8, 4) is 0 Å². The smallest absolute Gasteiger partial charge is 0.254 e. The zero-order valence-corrected chi connectivity index (χ0v) is 13.2. The Labute approximate surface area is 133 Å². The predicted molar refractivity (Wildman–Crippen MR) is 81.3 cm³/mol. The lowest BCUT2D eigenvalue weighted by Crippen LogP contribution is -2.49. The van der Waals surface area contributed by atoms with E-state index in [0.717, 1.165) is 0 Å². The number of piperazine rings is 1. The van der Waals surface area contributed by atoms with Gasteiger partial charge in [-0.15, -0.1) is 0 Å². The number of nitrogens with zero attached hydrogens (tertiary/aromatic N) is 4. The molecule has 1 amide bonds. The van der Waals surface area contributed by atoms with E-state index in [1.807, 2.05) is 6.92 Å². The van der Waals surface area contributed by atoms with Gasteiger partial charge in [-0.25, -0.2) is 4.39 Å². The van der Waals surface area contributed by atoms with Gasteiger partial charge in [0, 0.05) is 31.7 Å². The van der Waals surface area contributed by atoms with Crippen molar-refractivity contribution < 1.29 is 13.7 Å². The molecule has 2 aromatic rings. The van der Waals surface area contributed by atoms with Crippen molar-refractivity contribution in [2.45, 2.75) is 19.9 Å². The number of aromatic nitrogens is 2. The lowest BCUT2D eigenvalue weighted by atomic mass is 10.1. The molecule has 7 heteroatoms. The summed E-state index contributed by atoms with van der Waals surface area (Å²) in [7, 11) is 0. The second kappa shape index (κ2) is 6.45. The van der Waals surface area contributed by atoms with Crippen molar-refractivity contribution in [3.05, 3.63) is 47.4 Å². The summed E-state index contributed by atoms with van der Waals surface area (Å²) in [6.45, 7) is 6.40. The van der Waals surface area contributed by atoms with Crippen LogP contribution >= 0.6 is 0 Å². The second-order valence-corrected chi connectivity index (χ2v) is 5.69. The van der Waals surface area contributed by atoms with Gasteiger partial charge in [0.2, 0.25) is 5.89 Å². The van der Waals surface area contributed by atoms with Gasteiger partial charge in [0.1, 0.15) is 5.82 Å². The molecule has 1 saturated heterocycles. The lowest BCUT2D eigenvalue weighted by Gasteiger charge is -2.36. The Kier molecular flexibility index (Phi) is 4.38. The molecular formula is C16H19FN4O2. The quantitative estimate of drug-likeness (QED) is 0.866. The second-order valence-electron chi connectivity index (χ2n) is 5.69. The summed E-state index contributed by atoms with van der Waals surface area (Å²) in [5, 5.41) is 3.81. The van der Waals surface area contributed by atoms with Gasteiger partial charge in [-0.2, -0.15) is 4.98 Å². The Morgan fingerprint density at radius 3 is 2.65 bits per heavy atom. The van der Waals surface area contributed by atoms with Crippen LogP contribution in [0.4, 0.5) is 4.39 Å². The Morgan fingerprint density at radius 2 is 2.04 bits per heavy atom. The molecular weight excluding hydrogens is 299 g/mol. The molecule has 1 aliphatic rings. The van der Waals surface area contributed by atoms with Crippen LogP contribution in [0.2, 0.25) is 0 Å². The van der Waals surface area contributed by atoms with Gasteiger partial charge in [0.15, 0.2) is 5.82 Å². The SMILES string of the molecule is Cc1noc([C@H](C)N2CCN(C(=O)c3cccc(F)c3)CC2)n1. The van der Waals surface area contributed by atoms with Crippen molar-refractivity contribution in [2.75, 3.05) is 26.2 Å². The van der Waals surface area contributed by atoms with E-state index in [0.29, 0.717) is 43.5 Å². The van der Waals surface area contributed by atoms with Crippen LogP contribution in [-0.4, -0.2) is 52.0 Å². The summed E-state index contributed by atoms with van der Waals surface area (Å²) < 4.78 is 18.5. The highest BCUT2D eigenvalue weighted by molar-refractivity contribution is 5.94. The maximum Gasteiger partial charge on any atom is 0.254 e. The fourth-order valence-electron chi connectivity index (χ4n) is 2.76. The third-order valence-corrected chi connectivity index (χ3v) is 4.12. The minimum Gasteiger partial charge on any atom is -0.338 e. The first-order valence-electron chi connectivity index (χ1n) is 7.63. The number of hydrogen-bond donors (Lipinski definition) is 0. The van der Waals surface area contributed by atoms with Crippen molar-refractivity contribution in [1.29, 1.82) is 0 Å². The van der Waals surface area contributed by atoms with Gasteiger partial charge in [0.25, 0.3) is 5.91 Å². The molecule has 0 aliphatic carbocycles. The molecule has 0 saturated carbocycles. The van der Waals surface area contributed by atoms with E-state index in [9.17, 15) is 9.18 Å². The number of amides is 1. The minimum atomic E-state index is -0.394. The van der Waals surface area contributed by atoms with E-state index >= 15 is 0 Å². The lowest BCUT2D eigenvalue weighted by molar-refractivity contribution is 0.0551. The third-order valence-electron chi connectivity index (χ3n) is 4.12. The summed E-state index contributed by atoms with van der Waals surface area (Å²) in [5.74, 6) is 0.680. The van der Waals surface area contributed by atoms with Gasteiger partial charge in [-0.3, -0.25) is 9.69 Å². The molecule has 122 valence electrons. The summed E-state index contributed by atoms with van der Waals surface area (Å²) in [6, 6.07) is 5.82. The topological polar surface area (TPSA) is 62.5 Å². The highest BCUT2D eigenvalue weighted by Crippen LogP contribution is 2.20. The zero-order chi connectivity index (χ0) is 16.4. The van der Waals surface area contributed by atoms with Gasteiger partial charge in [0.05, 0.1) is 6.04 Å². The first-order chi connectivity index (χ1) is 11.0. The molecule has 2 heterocycles. The number of halogens is 1. The fraction of sp³-hybridized carbons (Fsp3) is 0.438. The monoisotopic (exact) mass is 318 g/mol. The van der Waals surface area contributed by atoms with Crippen molar-refractivity contribution >= 4 is 5.91 Å². The summed E-state index contributed by atoms with van der Waals surface area (Å²) >= 11 is 0. The first-order valence-corrected chi connectivity index (χ1v) is 7.63. The molecule has 0 bridgehead atoms. The molecule has 0 unspecified atom stereocenters. The fourth-order valence-corrected chi connectivity index (χ4v) is 2.76. The number of benzene rings is 1. The number of carbonyl (C=O) groups excluding carboxylic acids is 1. The molecule has 1 fully saturated rings. The summed E-state index contributed by atoms with van der Waals surface area (Å²) in [6.07, 6.45) is 0. The maximum absolute atomic E-state index is 13.3. The Balaban J connectivity index is 1.61. The van der Waals surface area contributed by atoms with Gasteiger partial charge in [-0.1, -0.05) is 11.2 Å². The van der Waals surface area contributed by atoms with E-state index in [2.05, 4.69) is 15.0 Å². The van der Waals surface area contributed by atoms with Crippen LogP contribution in [0.25, 0.3) is 0 Å². The third kappa shape index (κ3) is 3.39. The number of carbonyl (C=O) groups is 1. The van der Waals surface area contributed by atoms with Gasteiger partial charge < -0.3 is 9.42 Å². The highest BCUT2D eigenvalue weighted by atomic mass is 19.1. The molecule has 6 nitrogen and oxygen atoms in total. The number of rotatable bonds is 3. The van der Waals surface area contributed by atoms with Crippen molar-refractivity contribution in [2.24, 2.45) is 0 Å². The molecule has 0 N–H and O–H groups in total. The van der Waals surface area contributed by atoms with Crippen LogP contribution in [0.5, 0.6) is 0 Å². The van der Waals surface area contributed by atoms with Crippen molar-refractivity contribution in [3.63, 3.8) is 0 Å². The molecule has 0 radical (unpaired) electrons. The van der Waals surface area contributed by atoms with Crippen LogP contribution in [0.1, 0.15) is 35.0 Å². The molecule has 1 atom stereocenters. The Morgan fingerprint density at radius 1 is 1.30 bits per heavy atom. The molecule has 1 aromatic heterocycles. The zero-order valence-electron chi connectivity index (χ0n) is 13.2. The van der Waals surface area contributed by atoms with Crippen LogP contribution < -0.4 is 0 Å². The highest BCUT2D eigenvalue weighted by Gasteiger charge is 2.27. The predicted octanol–water partition coefficient (Wildman–Crippen LogP) is 2.04. The molecule has 0 spiro atoms. The van der Waals surface area contributed by atoms with Crippen LogP contribution in [0.3, 0.4) is 0 Å². The van der Waals surface area contributed by atoms with E-state index < -0.39 is 5.82 Å². The minimum absolute atomic E-state index is 0.0163.